The first-order valence-corrected chi connectivity index (χ1v) is 24.7. The first kappa shape index (κ1) is 52.1. The standard InChI is InChI=1S/C49H80O18/c1-24-41(52)31(56-8)19-38(60-24)65-43-26(3)62-40(21-33(43)58-10)67-44-27(4)63-39(22-34(44)59-11)66-42-25(2)61-37(20-32(42)57-9)64-30-13-14-45(6)29(18-30)12-15-48(54)35(45)23-36(51)46(7)47(53,28(5)50)16-17-49(46,48)55/h12,24-27,30-44,51-55H,13-23H2,1-11H3/t24-,25-,26-,27-,30+,31-,32+,33-,34+,35-,36-,37+,38+,39+,40+,41-,42-,43-,44-,45+,46-,47-,48+,49-/m1/s1. The summed E-state index contributed by atoms with van der Waals surface area (Å²) in [6, 6.07) is 0. The molecule has 0 spiro atoms. The molecule has 0 unspecified atom stereocenters. The molecule has 18 nitrogen and oxygen atoms in total. The first-order valence-electron chi connectivity index (χ1n) is 24.7. The quantitative estimate of drug-likeness (QED) is 0.167. The third-order valence-corrected chi connectivity index (χ3v) is 18.2. The summed E-state index contributed by atoms with van der Waals surface area (Å²) in [6.45, 7) is 12.5. The third-order valence-electron chi connectivity index (χ3n) is 18.2. The van der Waals surface area contributed by atoms with Gasteiger partial charge in [0.15, 0.2) is 30.9 Å². The lowest BCUT2D eigenvalue weighted by Crippen LogP contribution is -2.78. The van der Waals surface area contributed by atoms with Crippen LogP contribution in [0.4, 0.5) is 0 Å². The highest BCUT2D eigenvalue weighted by Crippen LogP contribution is 2.70. The van der Waals surface area contributed by atoms with E-state index in [4.69, 9.17) is 56.8 Å². The molecule has 0 radical (unpaired) electrons. The topological polar surface area (TPSA) is 229 Å². The van der Waals surface area contributed by atoms with Gasteiger partial charge in [-0.15, -0.1) is 0 Å². The zero-order valence-electron chi connectivity index (χ0n) is 41.4. The summed E-state index contributed by atoms with van der Waals surface area (Å²) in [4.78, 5) is 12.8. The summed E-state index contributed by atoms with van der Waals surface area (Å²) >= 11 is 0. The molecule has 24 atom stereocenters. The van der Waals surface area contributed by atoms with E-state index in [1.807, 2.05) is 26.8 Å². The van der Waals surface area contributed by atoms with E-state index in [0.717, 1.165) is 5.57 Å². The number of carbonyl (C=O) groups excluding carboxylic acids is 1. The molecular formula is C49H80O18. The highest BCUT2D eigenvalue weighted by atomic mass is 16.8. The number of hydrogen-bond donors (Lipinski definition) is 5. The predicted molar refractivity (Wildman–Crippen MR) is 236 cm³/mol. The lowest BCUT2D eigenvalue weighted by atomic mass is 9.42. The van der Waals surface area contributed by atoms with Crippen molar-refractivity contribution in [3.63, 3.8) is 0 Å². The van der Waals surface area contributed by atoms with E-state index in [2.05, 4.69) is 6.92 Å². The molecule has 8 aliphatic rings. The summed E-state index contributed by atoms with van der Waals surface area (Å²) < 4.78 is 75.0. The molecule has 18 heteroatoms. The number of rotatable bonds is 13. The Morgan fingerprint density at radius 1 is 0.627 bits per heavy atom. The van der Waals surface area contributed by atoms with Gasteiger partial charge in [-0.1, -0.05) is 25.5 Å². The fraction of sp³-hybridized carbons (Fsp3) is 0.939. The van der Waals surface area contributed by atoms with Gasteiger partial charge in [-0.2, -0.15) is 0 Å². The van der Waals surface area contributed by atoms with Gasteiger partial charge in [0.05, 0.1) is 66.5 Å². The van der Waals surface area contributed by atoms with Gasteiger partial charge in [0.2, 0.25) is 0 Å². The fourth-order valence-electron chi connectivity index (χ4n) is 13.9. The van der Waals surface area contributed by atoms with Gasteiger partial charge < -0.3 is 82.4 Å². The van der Waals surface area contributed by atoms with Crippen molar-refractivity contribution in [1.82, 2.24) is 0 Å². The Hall–Kier alpha value is -1.27. The van der Waals surface area contributed by atoms with Crippen LogP contribution in [-0.4, -0.2) is 187 Å². The third kappa shape index (κ3) is 8.74. The first-order chi connectivity index (χ1) is 31.6. The number of methoxy groups -OCH3 is 4. The van der Waals surface area contributed by atoms with Crippen LogP contribution in [0.15, 0.2) is 11.6 Å². The van der Waals surface area contributed by atoms with Crippen LogP contribution in [0, 0.1) is 16.7 Å². The van der Waals surface area contributed by atoms with Crippen LogP contribution in [0.25, 0.3) is 0 Å². The minimum Gasteiger partial charge on any atom is -0.392 e. The molecule has 0 amide bonds. The lowest BCUT2D eigenvalue weighted by molar-refractivity contribution is -0.347. The average Bonchev–Trinajstić information content (AvgIpc) is 3.52. The Labute approximate surface area is 395 Å². The zero-order chi connectivity index (χ0) is 48.6. The number of carbonyl (C=O) groups is 1. The monoisotopic (exact) mass is 957 g/mol. The van der Waals surface area contributed by atoms with E-state index >= 15 is 0 Å². The van der Waals surface area contributed by atoms with Crippen molar-refractivity contribution in [2.75, 3.05) is 28.4 Å². The van der Waals surface area contributed by atoms with Crippen LogP contribution < -0.4 is 0 Å². The summed E-state index contributed by atoms with van der Waals surface area (Å²) in [6.07, 6.45) is -3.49. The molecule has 4 aliphatic heterocycles. The molecule has 0 aromatic heterocycles. The maximum atomic E-state index is 12.8. The lowest BCUT2D eigenvalue weighted by Gasteiger charge is -2.66. The molecule has 67 heavy (non-hydrogen) atoms. The molecular weight excluding hydrogens is 877 g/mol. The molecule has 4 saturated heterocycles. The summed E-state index contributed by atoms with van der Waals surface area (Å²) in [5, 5.41) is 58.7. The predicted octanol–water partition coefficient (Wildman–Crippen LogP) is 2.97. The second-order valence-electron chi connectivity index (χ2n) is 21.5. The molecule has 0 bridgehead atoms. The van der Waals surface area contributed by atoms with Gasteiger partial charge in [-0.3, -0.25) is 4.79 Å². The molecule has 4 aliphatic carbocycles. The SMILES string of the molecule is CO[C@H]1C[C@H](O[C@H]2CC[C@@]3(C)C(=CC[C@]4(O)[C@@H]3C[C@@H](O)[C@@]3(C)[C@]4(O)CC[C@@]3(O)C(C)=O)C2)O[C@H](C)[C@H]1O[C@H]1C[C@H](OC)[C@H](O[C@H]2C[C@@H](OC)[C@H](O[C@H]3C[C@@H](OC)[C@H](O)[C@@H](C)O3)[C@@H](C)O2)[C@@H](C)O1. The van der Waals surface area contributed by atoms with E-state index < -0.39 is 126 Å². The minimum atomic E-state index is -1.94. The number of fused-ring (bicyclic) bond motifs is 5. The van der Waals surface area contributed by atoms with Crippen molar-refractivity contribution in [2.45, 2.75) is 247 Å². The van der Waals surface area contributed by atoms with Crippen LogP contribution in [-0.2, 0) is 61.6 Å². The molecule has 384 valence electrons. The van der Waals surface area contributed by atoms with Gasteiger partial charge in [0.25, 0.3) is 0 Å². The molecule has 4 heterocycles. The van der Waals surface area contributed by atoms with Crippen LogP contribution in [0.5, 0.6) is 0 Å². The zero-order valence-corrected chi connectivity index (χ0v) is 41.4. The Morgan fingerprint density at radius 3 is 1.54 bits per heavy atom. The van der Waals surface area contributed by atoms with E-state index in [0.29, 0.717) is 44.9 Å². The maximum absolute atomic E-state index is 12.8. The largest absolute Gasteiger partial charge is 0.392 e. The van der Waals surface area contributed by atoms with E-state index in [-0.39, 0.29) is 50.1 Å². The number of hydrogen-bond acceptors (Lipinski definition) is 18. The fourth-order valence-corrected chi connectivity index (χ4v) is 13.9. The van der Waals surface area contributed by atoms with E-state index in [1.54, 1.807) is 42.3 Å². The van der Waals surface area contributed by atoms with Crippen molar-refractivity contribution in [3.05, 3.63) is 11.6 Å². The van der Waals surface area contributed by atoms with Gasteiger partial charge in [-0.25, -0.2) is 0 Å². The highest BCUT2D eigenvalue weighted by Gasteiger charge is 2.80. The molecule has 7 fully saturated rings. The Morgan fingerprint density at radius 2 is 1.07 bits per heavy atom. The number of aliphatic hydroxyl groups excluding tert-OH is 2. The second-order valence-corrected chi connectivity index (χ2v) is 21.5. The summed E-state index contributed by atoms with van der Waals surface area (Å²) in [5.74, 6) is -1.01. The van der Waals surface area contributed by atoms with Gasteiger partial charge in [-0.05, 0) is 85.0 Å². The van der Waals surface area contributed by atoms with Crippen LogP contribution in [0.2, 0.25) is 0 Å². The van der Waals surface area contributed by atoms with Crippen molar-refractivity contribution in [2.24, 2.45) is 16.7 Å². The van der Waals surface area contributed by atoms with E-state index in [1.165, 1.54) is 6.92 Å². The van der Waals surface area contributed by atoms with Gasteiger partial charge in [0, 0.05) is 60.0 Å². The number of aliphatic hydroxyl groups is 5. The number of Topliss-reactive ketones (excluding diaryl/α,β-unsaturated/α-hetero) is 1. The Kier molecular flexibility index (Phi) is 15.3. The van der Waals surface area contributed by atoms with Crippen LogP contribution >= 0.6 is 0 Å². The Balaban J connectivity index is 0.847. The Bertz CT molecular complexity index is 1770. The van der Waals surface area contributed by atoms with Crippen LogP contribution in [0.1, 0.15) is 119 Å². The number of ketones is 1. The average molecular weight is 957 g/mol. The molecule has 8 rings (SSSR count). The molecule has 0 aromatic rings. The number of ether oxygens (including phenoxy) is 12. The minimum absolute atomic E-state index is 0.00940. The normalized spacial score (nSPS) is 53.6. The van der Waals surface area contributed by atoms with Crippen molar-refractivity contribution in [3.8, 4) is 0 Å². The van der Waals surface area contributed by atoms with Gasteiger partial charge in [0.1, 0.15) is 41.2 Å². The highest BCUT2D eigenvalue weighted by molar-refractivity contribution is 5.87. The van der Waals surface area contributed by atoms with Crippen molar-refractivity contribution >= 4 is 5.78 Å². The van der Waals surface area contributed by atoms with Crippen LogP contribution in [0.3, 0.4) is 0 Å². The molecule has 5 N–H and O–H groups in total. The van der Waals surface area contributed by atoms with Crippen molar-refractivity contribution in [1.29, 1.82) is 0 Å². The summed E-state index contributed by atoms with van der Waals surface area (Å²) in [5.41, 5.74) is -6.52. The summed E-state index contributed by atoms with van der Waals surface area (Å²) in [7, 11) is 6.49. The smallest absolute Gasteiger partial charge is 0.162 e. The molecule has 3 saturated carbocycles. The van der Waals surface area contributed by atoms with E-state index in [9.17, 15) is 30.3 Å². The van der Waals surface area contributed by atoms with Crippen molar-refractivity contribution < 1.29 is 87.2 Å². The maximum Gasteiger partial charge on any atom is 0.162 e. The second kappa shape index (κ2) is 19.6. The molecule has 0 aromatic carbocycles. The van der Waals surface area contributed by atoms with Gasteiger partial charge >= 0.3 is 0 Å².